The van der Waals surface area contributed by atoms with Crippen molar-refractivity contribution >= 4 is 15.8 Å². The summed E-state index contributed by atoms with van der Waals surface area (Å²) in [6.45, 7) is 3.33. The third-order valence-electron chi connectivity index (χ3n) is 4.79. The van der Waals surface area contributed by atoms with E-state index in [1.165, 1.54) is 11.8 Å². The highest BCUT2D eigenvalue weighted by Crippen LogP contribution is 2.21. The number of anilines is 1. The predicted octanol–water partition coefficient (Wildman–Crippen LogP) is 3.69. The van der Waals surface area contributed by atoms with Gasteiger partial charge >= 0.3 is 0 Å². The fourth-order valence-electron chi connectivity index (χ4n) is 3.23. The van der Waals surface area contributed by atoms with Gasteiger partial charge < -0.3 is 5.32 Å². The largest absolute Gasteiger partial charge is 0.368 e. The Morgan fingerprint density at radius 1 is 1.08 bits per heavy atom. The maximum atomic E-state index is 12.6. The van der Waals surface area contributed by atoms with Crippen molar-refractivity contribution in [1.29, 1.82) is 0 Å². The number of pyridine rings is 1. The van der Waals surface area contributed by atoms with Gasteiger partial charge in [0.15, 0.2) is 0 Å². The minimum Gasteiger partial charge on any atom is -0.368 e. The standard InChI is InChI=1S/C20H27N3O2S/c1-17(10-11-18-8-4-2-5-9-18)22-20-13-12-19(16-21-20)26(24,25)23-14-6-3-7-15-23/h2,4-5,8-9,12-13,16-17H,3,6-7,10-11,14-15H2,1H3,(H,21,22). The number of nitrogens with one attached hydrogen (secondary N) is 1. The first-order valence-corrected chi connectivity index (χ1v) is 10.8. The second-order valence-electron chi connectivity index (χ2n) is 6.91. The van der Waals surface area contributed by atoms with Gasteiger partial charge in [-0.05, 0) is 50.3 Å². The lowest BCUT2D eigenvalue weighted by Gasteiger charge is -2.25. The summed E-state index contributed by atoms with van der Waals surface area (Å²) in [7, 11) is -3.41. The zero-order chi connectivity index (χ0) is 18.4. The van der Waals surface area contributed by atoms with Crippen molar-refractivity contribution in [1.82, 2.24) is 9.29 Å². The van der Waals surface area contributed by atoms with E-state index in [4.69, 9.17) is 0 Å². The van der Waals surface area contributed by atoms with Crippen molar-refractivity contribution in [3.05, 3.63) is 54.2 Å². The van der Waals surface area contributed by atoms with Crippen LogP contribution in [0.4, 0.5) is 5.82 Å². The van der Waals surface area contributed by atoms with E-state index in [0.717, 1.165) is 32.1 Å². The van der Waals surface area contributed by atoms with Gasteiger partial charge in [-0.15, -0.1) is 0 Å². The molecule has 2 aromatic rings. The van der Waals surface area contributed by atoms with Crippen molar-refractivity contribution in [3.8, 4) is 0 Å². The Hall–Kier alpha value is -1.92. The molecule has 0 radical (unpaired) electrons. The Morgan fingerprint density at radius 2 is 1.81 bits per heavy atom. The van der Waals surface area contributed by atoms with Crippen molar-refractivity contribution in [3.63, 3.8) is 0 Å². The fourth-order valence-corrected chi connectivity index (χ4v) is 4.69. The molecule has 1 unspecified atom stereocenters. The molecule has 140 valence electrons. The molecular weight excluding hydrogens is 346 g/mol. The highest BCUT2D eigenvalue weighted by Gasteiger charge is 2.26. The molecule has 1 atom stereocenters. The number of benzene rings is 1. The molecule has 1 aliphatic rings. The molecule has 0 aliphatic carbocycles. The van der Waals surface area contributed by atoms with Crippen LogP contribution in [-0.2, 0) is 16.4 Å². The summed E-state index contributed by atoms with van der Waals surface area (Å²) in [6, 6.07) is 14.1. The maximum Gasteiger partial charge on any atom is 0.244 e. The minimum absolute atomic E-state index is 0.257. The summed E-state index contributed by atoms with van der Waals surface area (Å²) in [5.41, 5.74) is 1.32. The average Bonchev–Trinajstić information content (AvgIpc) is 2.68. The summed E-state index contributed by atoms with van der Waals surface area (Å²) in [4.78, 5) is 4.60. The van der Waals surface area contributed by atoms with Gasteiger partial charge in [0, 0.05) is 25.3 Å². The fraction of sp³-hybridized carbons (Fsp3) is 0.450. The normalized spacial score (nSPS) is 17.0. The summed E-state index contributed by atoms with van der Waals surface area (Å²) in [5, 5.41) is 3.35. The molecule has 2 heterocycles. The molecule has 1 fully saturated rings. The van der Waals surface area contributed by atoms with Gasteiger partial charge in [0.05, 0.1) is 0 Å². The van der Waals surface area contributed by atoms with Gasteiger partial charge in [-0.1, -0.05) is 36.8 Å². The summed E-state index contributed by atoms with van der Waals surface area (Å²) in [6.07, 6.45) is 6.43. The molecule has 26 heavy (non-hydrogen) atoms. The molecule has 1 N–H and O–H groups in total. The first-order valence-electron chi connectivity index (χ1n) is 9.32. The van der Waals surface area contributed by atoms with Crippen LogP contribution >= 0.6 is 0 Å². The number of sulfonamides is 1. The Kier molecular flexibility index (Phi) is 6.27. The van der Waals surface area contributed by atoms with Crippen LogP contribution < -0.4 is 5.32 Å². The Morgan fingerprint density at radius 3 is 2.46 bits per heavy atom. The van der Waals surface area contributed by atoms with Gasteiger partial charge in [0.1, 0.15) is 10.7 Å². The Bertz CT molecular complexity index is 786. The van der Waals surface area contributed by atoms with Crippen LogP contribution in [0, 0.1) is 0 Å². The van der Waals surface area contributed by atoms with E-state index in [0.29, 0.717) is 18.9 Å². The van der Waals surface area contributed by atoms with Gasteiger partial charge in [0.25, 0.3) is 0 Å². The SMILES string of the molecule is CC(CCc1ccccc1)Nc1ccc(S(=O)(=O)N2CCCCC2)cn1. The van der Waals surface area contributed by atoms with Gasteiger partial charge in [0.2, 0.25) is 10.0 Å². The molecule has 0 spiro atoms. The van der Waals surface area contributed by atoms with E-state index in [1.54, 1.807) is 16.4 Å². The number of rotatable bonds is 7. The van der Waals surface area contributed by atoms with Crippen molar-refractivity contribution in [2.24, 2.45) is 0 Å². The summed E-state index contributed by atoms with van der Waals surface area (Å²) < 4.78 is 26.9. The average molecular weight is 374 g/mol. The van der Waals surface area contributed by atoms with Crippen LogP contribution in [-0.4, -0.2) is 36.8 Å². The smallest absolute Gasteiger partial charge is 0.244 e. The zero-order valence-corrected chi connectivity index (χ0v) is 16.1. The van der Waals surface area contributed by atoms with Crippen LogP contribution in [0.3, 0.4) is 0 Å². The van der Waals surface area contributed by atoms with Crippen molar-refractivity contribution < 1.29 is 8.42 Å². The number of piperidine rings is 1. The molecule has 1 aromatic carbocycles. The van der Waals surface area contributed by atoms with E-state index in [2.05, 4.69) is 41.5 Å². The lowest BCUT2D eigenvalue weighted by atomic mass is 10.1. The lowest BCUT2D eigenvalue weighted by Crippen LogP contribution is -2.35. The number of hydrogen-bond acceptors (Lipinski definition) is 4. The summed E-state index contributed by atoms with van der Waals surface area (Å²) >= 11 is 0. The molecule has 0 saturated carbocycles. The second kappa shape index (κ2) is 8.64. The highest BCUT2D eigenvalue weighted by molar-refractivity contribution is 7.89. The Labute approximate surface area is 156 Å². The van der Waals surface area contributed by atoms with Crippen molar-refractivity contribution in [2.75, 3.05) is 18.4 Å². The molecule has 1 aromatic heterocycles. The van der Waals surface area contributed by atoms with Gasteiger partial charge in [-0.25, -0.2) is 13.4 Å². The van der Waals surface area contributed by atoms with E-state index in [1.807, 2.05) is 6.07 Å². The third kappa shape index (κ3) is 4.83. The summed E-state index contributed by atoms with van der Waals surface area (Å²) in [5.74, 6) is 0.711. The molecule has 1 saturated heterocycles. The molecule has 3 rings (SSSR count). The monoisotopic (exact) mass is 373 g/mol. The van der Waals surface area contributed by atoms with Crippen LogP contribution in [0.15, 0.2) is 53.6 Å². The van der Waals surface area contributed by atoms with Crippen LogP contribution in [0.5, 0.6) is 0 Å². The number of nitrogens with zero attached hydrogens (tertiary/aromatic N) is 2. The van der Waals surface area contributed by atoms with E-state index in [-0.39, 0.29) is 10.9 Å². The van der Waals surface area contributed by atoms with Gasteiger partial charge in [-0.2, -0.15) is 4.31 Å². The third-order valence-corrected chi connectivity index (χ3v) is 6.67. The number of hydrogen-bond donors (Lipinski definition) is 1. The minimum atomic E-state index is -3.41. The predicted molar refractivity (Wildman–Crippen MR) is 105 cm³/mol. The Balaban J connectivity index is 1.57. The topological polar surface area (TPSA) is 62.3 Å². The second-order valence-corrected chi connectivity index (χ2v) is 8.85. The highest BCUT2D eigenvalue weighted by atomic mass is 32.2. The van der Waals surface area contributed by atoms with E-state index in [9.17, 15) is 8.42 Å². The maximum absolute atomic E-state index is 12.6. The molecular formula is C20H27N3O2S. The first-order chi connectivity index (χ1) is 12.6. The van der Waals surface area contributed by atoms with Crippen LogP contribution in [0.2, 0.25) is 0 Å². The number of aryl methyl sites for hydroxylation is 1. The first kappa shape index (κ1) is 18.9. The molecule has 5 nitrogen and oxygen atoms in total. The molecule has 1 aliphatic heterocycles. The number of aromatic nitrogens is 1. The van der Waals surface area contributed by atoms with Crippen LogP contribution in [0.1, 0.15) is 38.2 Å². The quantitative estimate of drug-likeness (QED) is 0.804. The van der Waals surface area contributed by atoms with E-state index >= 15 is 0 Å². The molecule has 0 amide bonds. The van der Waals surface area contributed by atoms with Crippen molar-refractivity contribution in [2.45, 2.75) is 50.0 Å². The van der Waals surface area contributed by atoms with E-state index < -0.39 is 10.0 Å². The molecule has 0 bridgehead atoms. The lowest BCUT2D eigenvalue weighted by molar-refractivity contribution is 0.346. The molecule has 6 heteroatoms. The zero-order valence-electron chi connectivity index (χ0n) is 15.3. The van der Waals surface area contributed by atoms with Gasteiger partial charge in [-0.3, -0.25) is 0 Å². The van der Waals surface area contributed by atoms with Crippen LogP contribution in [0.25, 0.3) is 0 Å².